The van der Waals surface area contributed by atoms with Crippen molar-refractivity contribution in [2.45, 2.75) is 33.7 Å². The van der Waals surface area contributed by atoms with E-state index in [1.807, 2.05) is 32.0 Å². The minimum atomic E-state index is -0.413. The molecule has 1 unspecified atom stereocenters. The number of amides is 3. The maximum absolute atomic E-state index is 12.5. The second kappa shape index (κ2) is 10.6. The molecule has 174 valence electrons. The van der Waals surface area contributed by atoms with Crippen molar-refractivity contribution in [3.8, 4) is 0 Å². The van der Waals surface area contributed by atoms with Crippen LogP contribution in [0.1, 0.15) is 25.0 Å². The van der Waals surface area contributed by atoms with Gasteiger partial charge < -0.3 is 20.7 Å². The van der Waals surface area contributed by atoms with E-state index in [0.717, 1.165) is 43.0 Å². The Morgan fingerprint density at radius 2 is 1.84 bits per heavy atom. The van der Waals surface area contributed by atoms with Gasteiger partial charge in [-0.2, -0.15) is 0 Å². The van der Waals surface area contributed by atoms with Crippen molar-refractivity contribution in [2.75, 3.05) is 51.2 Å². The Balaban J connectivity index is 1.55. The molecule has 0 saturated carbocycles. The van der Waals surface area contributed by atoms with E-state index in [4.69, 9.17) is 4.74 Å². The quantitative estimate of drug-likeness (QED) is 0.550. The van der Waals surface area contributed by atoms with Crippen LogP contribution >= 0.6 is 0 Å². The van der Waals surface area contributed by atoms with Crippen LogP contribution in [0.3, 0.4) is 0 Å². The Morgan fingerprint density at radius 1 is 1.16 bits per heavy atom. The highest BCUT2D eigenvalue weighted by molar-refractivity contribution is 5.95. The second-order valence-corrected chi connectivity index (χ2v) is 8.28. The van der Waals surface area contributed by atoms with Crippen LogP contribution in [-0.2, 0) is 14.3 Å². The molecule has 3 N–H and O–H groups in total. The van der Waals surface area contributed by atoms with Gasteiger partial charge in [-0.15, -0.1) is 0 Å². The highest BCUT2D eigenvalue weighted by Crippen LogP contribution is 2.19. The van der Waals surface area contributed by atoms with Crippen molar-refractivity contribution in [3.05, 3.63) is 40.6 Å². The van der Waals surface area contributed by atoms with Gasteiger partial charge in [0.25, 0.3) is 0 Å². The lowest BCUT2D eigenvalue weighted by molar-refractivity contribution is -0.139. The van der Waals surface area contributed by atoms with E-state index in [1.165, 1.54) is 0 Å². The van der Waals surface area contributed by atoms with E-state index in [1.54, 1.807) is 13.8 Å². The van der Waals surface area contributed by atoms with E-state index in [0.29, 0.717) is 24.4 Å². The maximum Gasteiger partial charge on any atom is 0.337 e. The second-order valence-electron chi connectivity index (χ2n) is 8.28. The molecular formula is C23H33N5O4. The van der Waals surface area contributed by atoms with Gasteiger partial charge in [-0.25, -0.2) is 9.59 Å². The summed E-state index contributed by atoms with van der Waals surface area (Å²) in [6.45, 7) is 11.5. The van der Waals surface area contributed by atoms with Crippen LogP contribution in [-0.4, -0.2) is 79.6 Å². The molecule has 3 rings (SSSR count). The van der Waals surface area contributed by atoms with Crippen molar-refractivity contribution >= 4 is 23.6 Å². The highest BCUT2D eigenvalue weighted by atomic mass is 16.5. The standard InChI is InChI=1S/C23H33N5O4/c1-5-32-22(30)21-17(4)24-23(31)26-19(21)13-27-9-11-28(12-10-27)14-20(29)25-18-8-6-7-15(2)16(18)3/h6-8,17H,5,9-14H2,1-4H3,(H,25,29)(H2,24,26,31). The summed E-state index contributed by atoms with van der Waals surface area (Å²) in [5.74, 6) is -0.442. The third-order valence-electron chi connectivity index (χ3n) is 5.96. The van der Waals surface area contributed by atoms with Gasteiger partial charge in [0.2, 0.25) is 5.91 Å². The van der Waals surface area contributed by atoms with Crippen molar-refractivity contribution in [3.63, 3.8) is 0 Å². The molecule has 3 amide bonds. The van der Waals surface area contributed by atoms with Crippen LogP contribution in [0, 0.1) is 13.8 Å². The topological polar surface area (TPSA) is 103 Å². The average molecular weight is 444 g/mol. The molecule has 1 fully saturated rings. The van der Waals surface area contributed by atoms with Gasteiger partial charge >= 0.3 is 12.0 Å². The minimum Gasteiger partial charge on any atom is -0.463 e. The summed E-state index contributed by atoms with van der Waals surface area (Å²) in [6.07, 6.45) is 0. The van der Waals surface area contributed by atoms with Gasteiger partial charge in [-0.3, -0.25) is 14.6 Å². The number of nitrogens with one attached hydrogen (secondary N) is 3. The number of benzene rings is 1. The van der Waals surface area contributed by atoms with Gasteiger partial charge in [0.1, 0.15) is 0 Å². The molecule has 9 heteroatoms. The molecule has 2 heterocycles. The third-order valence-corrected chi connectivity index (χ3v) is 5.96. The lowest BCUT2D eigenvalue weighted by atomic mass is 10.0. The fraction of sp³-hybridized carbons (Fsp3) is 0.522. The van der Waals surface area contributed by atoms with Crippen molar-refractivity contribution in [1.29, 1.82) is 0 Å². The summed E-state index contributed by atoms with van der Waals surface area (Å²) in [6, 6.07) is 5.16. The number of anilines is 1. The predicted octanol–water partition coefficient (Wildman–Crippen LogP) is 1.38. The smallest absolute Gasteiger partial charge is 0.337 e. The molecule has 2 aliphatic rings. The Bertz CT molecular complexity index is 906. The zero-order chi connectivity index (χ0) is 23.3. The van der Waals surface area contributed by atoms with Crippen LogP contribution in [0.25, 0.3) is 0 Å². The first-order chi connectivity index (χ1) is 15.3. The molecular weight excluding hydrogens is 410 g/mol. The van der Waals surface area contributed by atoms with Gasteiger partial charge in [-0.1, -0.05) is 12.1 Å². The summed E-state index contributed by atoms with van der Waals surface area (Å²) in [5.41, 5.74) is 4.12. The number of carbonyl (C=O) groups excluding carboxylic acids is 3. The number of urea groups is 1. The van der Waals surface area contributed by atoms with Crippen LogP contribution in [0.2, 0.25) is 0 Å². The zero-order valence-corrected chi connectivity index (χ0v) is 19.3. The number of nitrogens with zero attached hydrogens (tertiary/aromatic N) is 2. The lowest BCUT2D eigenvalue weighted by Crippen LogP contribution is -2.53. The molecule has 9 nitrogen and oxygen atoms in total. The van der Waals surface area contributed by atoms with Gasteiger partial charge in [0.15, 0.2) is 0 Å². The normalized spacial score (nSPS) is 19.9. The predicted molar refractivity (Wildman–Crippen MR) is 122 cm³/mol. The Morgan fingerprint density at radius 3 is 2.53 bits per heavy atom. The molecule has 2 aliphatic heterocycles. The highest BCUT2D eigenvalue weighted by Gasteiger charge is 2.31. The largest absolute Gasteiger partial charge is 0.463 e. The summed E-state index contributed by atoms with van der Waals surface area (Å²) in [7, 11) is 0. The first-order valence-electron chi connectivity index (χ1n) is 11.1. The monoisotopic (exact) mass is 443 g/mol. The molecule has 1 aromatic carbocycles. The SMILES string of the molecule is CCOC(=O)C1=C(CN2CCN(CC(=O)Nc3cccc(C)c3C)CC2)NC(=O)NC1C. The fourth-order valence-electron chi connectivity index (χ4n) is 4.01. The first-order valence-corrected chi connectivity index (χ1v) is 11.1. The number of hydrogen-bond acceptors (Lipinski definition) is 6. The Hall–Kier alpha value is -2.91. The molecule has 0 radical (unpaired) electrons. The lowest BCUT2D eigenvalue weighted by Gasteiger charge is -2.36. The van der Waals surface area contributed by atoms with Crippen LogP contribution in [0.15, 0.2) is 29.5 Å². The molecule has 0 spiro atoms. The Labute approximate surface area is 189 Å². The number of rotatable bonds is 7. The number of aryl methyl sites for hydroxylation is 1. The molecule has 32 heavy (non-hydrogen) atoms. The third kappa shape index (κ3) is 5.86. The zero-order valence-electron chi connectivity index (χ0n) is 19.3. The van der Waals surface area contributed by atoms with Crippen LogP contribution in [0.5, 0.6) is 0 Å². The van der Waals surface area contributed by atoms with E-state index in [2.05, 4.69) is 25.8 Å². The van der Waals surface area contributed by atoms with Gasteiger partial charge in [0, 0.05) is 44.1 Å². The van der Waals surface area contributed by atoms with E-state index in [9.17, 15) is 14.4 Å². The Kier molecular flexibility index (Phi) is 7.87. The summed E-state index contributed by atoms with van der Waals surface area (Å²) in [5, 5.41) is 8.49. The van der Waals surface area contributed by atoms with Gasteiger partial charge in [0.05, 0.1) is 24.8 Å². The molecule has 0 aromatic heterocycles. The van der Waals surface area contributed by atoms with Crippen molar-refractivity contribution in [1.82, 2.24) is 20.4 Å². The average Bonchev–Trinajstić information content (AvgIpc) is 2.72. The van der Waals surface area contributed by atoms with Crippen molar-refractivity contribution < 1.29 is 19.1 Å². The molecule has 1 saturated heterocycles. The van der Waals surface area contributed by atoms with E-state index in [-0.39, 0.29) is 18.5 Å². The molecule has 1 aromatic rings. The van der Waals surface area contributed by atoms with E-state index >= 15 is 0 Å². The summed E-state index contributed by atoms with van der Waals surface area (Å²) >= 11 is 0. The summed E-state index contributed by atoms with van der Waals surface area (Å²) in [4.78, 5) is 41.1. The number of hydrogen-bond donors (Lipinski definition) is 3. The molecule has 0 aliphatic carbocycles. The fourth-order valence-corrected chi connectivity index (χ4v) is 4.01. The van der Waals surface area contributed by atoms with Crippen molar-refractivity contribution in [2.24, 2.45) is 0 Å². The minimum absolute atomic E-state index is 0.0288. The summed E-state index contributed by atoms with van der Waals surface area (Å²) < 4.78 is 5.17. The van der Waals surface area contributed by atoms with Gasteiger partial charge in [-0.05, 0) is 44.9 Å². The number of ether oxygens (including phenoxy) is 1. The van der Waals surface area contributed by atoms with E-state index < -0.39 is 12.0 Å². The van der Waals surface area contributed by atoms with Crippen LogP contribution in [0.4, 0.5) is 10.5 Å². The van der Waals surface area contributed by atoms with Crippen LogP contribution < -0.4 is 16.0 Å². The maximum atomic E-state index is 12.5. The molecule has 0 bridgehead atoms. The molecule has 1 atom stereocenters. The number of carbonyl (C=O) groups is 3. The number of esters is 1. The first kappa shape index (κ1) is 23.7. The number of piperazine rings is 1.